The topological polar surface area (TPSA) is 63.8 Å². The second kappa shape index (κ2) is 6.43. The van der Waals surface area contributed by atoms with Gasteiger partial charge in [-0.25, -0.2) is 9.97 Å². The van der Waals surface area contributed by atoms with Crippen LogP contribution in [0.4, 0.5) is 17.3 Å². The zero-order valence-electron chi connectivity index (χ0n) is 11.2. The van der Waals surface area contributed by atoms with Crippen molar-refractivity contribution in [3.63, 3.8) is 0 Å². The number of nitrogens with two attached hydrogens (primary N) is 1. The summed E-state index contributed by atoms with van der Waals surface area (Å²) < 4.78 is 0. The fraction of sp³-hybridized carbons (Fsp3) is 0.286. The lowest BCUT2D eigenvalue weighted by molar-refractivity contribution is 0.922. The number of nitrogen functional groups attached to an aromatic ring is 1. The van der Waals surface area contributed by atoms with Gasteiger partial charge in [0, 0.05) is 11.8 Å². The lowest BCUT2D eigenvalue weighted by Gasteiger charge is -2.08. The summed E-state index contributed by atoms with van der Waals surface area (Å²) >= 11 is 1.47. The Morgan fingerprint density at radius 2 is 1.95 bits per heavy atom. The van der Waals surface area contributed by atoms with Gasteiger partial charge in [-0.15, -0.1) is 0 Å². The van der Waals surface area contributed by atoms with Crippen molar-refractivity contribution < 1.29 is 0 Å². The molecule has 0 bridgehead atoms. The Hall–Kier alpha value is -1.75. The number of benzene rings is 1. The van der Waals surface area contributed by atoms with Crippen LogP contribution in [0.5, 0.6) is 0 Å². The summed E-state index contributed by atoms with van der Waals surface area (Å²) in [5.41, 5.74) is 8.10. The number of nitrogens with one attached hydrogen (secondary N) is 1. The van der Waals surface area contributed by atoms with Crippen LogP contribution in [0.25, 0.3) is 0 Å². The smallest absolute Gasteiger partial charge is 0.191 e. The number of thioether (sulfide) groups is 1. The molecule has 0 atom stereocenters. The number of aromatic nitrogens is 2. The van der Waals surface area contributed by atoms with Gasteiger partial charge in [0.15, 0.2) is 5.16 Å². The van der Waals surface area contributed by atoms with Crippen molar-refractivity contribution in [3.8, 4) is 0 Å². The highest BCUT2D eigenvalue weighted by atomic mass is 32.2. The van der Waals surface area contributed by atoms with Crippen LogP contribution in [0.15, 0.2) is 35.5 Å². The Morgan fingerprint density at radius 3 is 2.58 bits per heavy atom. The van der Waals surface area contributed by atoms with E-state index in [-0.39, 0.29) is 0 Å². The molecule has 0 unspecified atom stereocenters. The largest absolute Gasteiger partial charge is 0.383 e. The first-order valence-electron chi connectivity index (χ1n) is 6.25. The molecule has 100 valence electrons. The molecule has 0 aliphatic carbocycles. The highest BCUT2D eigenvalue weighted by molar-refractivity contribution is 7.98. The van der Waals surface area contributed by atoms with E-state index in [2.05, 4.69) is 46.5 Å². The molecule has 1 heterocycles. The van der Waals surface area contributed by atoms with Crippen LogP contribution in [0.3, 0.4) is 0 Å². The number of hydrogen-bond acceptors (Lipinski definition) is 5. The van der Waals surface area contributed by atoms with Gasteiger partial charge in [0.25, 0.3) is 0 Å². The molecule has 0 fully saturated rings. The molecule has 2 aromatic rings. The summed E-state index contributed by atoms with van der Waals surface area (Å²) in [5.74, 6) is 1.20. The Morgan fingerprint density at radius 1 is 1.21 bits per heavy atom. The molecule has 19 heavy (non-hydrogen) atoms. The van der Waals surface area contributed by atoms with Crippen molar-refractivity contribution in [1.82, 2.24) is 9.97 Å². The lowest BCUT2D eigenvalue weighted by atomic mass is 10.1. The Kier molecular flexibility index (Phi) is 4.63. The predicted octanol–water partition coefficient (Wildman–Crippen LogP) is 3.48. The lowest BCUT2D eigenvalue weighted by Crippen LogP contribution is -2.00. The molecule has 3 N–H and O–H groups in total. The van der Waals surface area contributed by atoms with Crippen molar-refractivity contribution >= 4 is 29.1 Å². The van der Waals surface area contributed by atoms with Crippen LogP contribution >= 0.6 is 11.8 Å². The number of aryl methyl sites for hydroxylation is 1. The van der Waals surface area contributed by atoms with Gasteiger partial charge in [-0.1, -0.05) is 37.2 Å². The summed E-state index contributed by atoms with van der Waals surface area (Å²) in [6, 6.07) is 10.1. The molecule has 1 aromatic heterocycles. The third kappa shape index (κ3) is 3.86. The van der Waals surface area contributed by atoms with Gasteiger partial charge in [0.05, 0.1) is 0 Å². The van der Waals surface area contributed by atoms with Crippen molar-refractivity contribution in [2.45, 2.75) is 24.9 Å². The highest BCUT2D eigenvalue weighted by Crippen LogP contribution is 2.20. The van der Waals surface area contributed by atoms with E-state index in [9.17, 15) is 0 Å². The first kappa shape index (κ1) is 13.7. The molecule has 0 amide bonds. The minimum atomic E-state index is 0.476. The van der Waals surface area contributed by atoms with Crippen molar-refractivity contribution in [1.29, 1.82) is 0 Å². The van der Waals surface area contributed by atoms with E-state index in [1.165, 1.54) is 17.3 Å². The van der Waals surface area contributed by atoms with Crippen LogP contribution in [0, 0.1) is 0 Å². The molecule has 1 aromatic carbocycles. The maximum atomic E-state index is 5.75. The second-order valence-electron chi connectivity index (χ2n) is 4.24. The Balaban J connectivity index is 2.14. The molecule has 0 saturated carbocycles. The van der Waals surface area contributed by atoms with Gasteiger partial charge >= 0.3 is 0 Å². The van der Waals surface area contributed by atoms with Gasteiger partial charge in [-0.05, 0) is 30.4 Å². The molecular formula is C14H18N4S. The normalized spacial score (nSPS) is 10.4. The van der Waals surface area contributed by atoms with E-state index in [4.69, 9.17) is 5.73 Å². The van der Waals surface area contributed by atoms with Crippen LogP contribution < -0.4 is 11.1 Å². The zero-order valence-corrected chi connectivity index (χ0v) is 12.0. The Labute approximate surface area is 117 Å². The van der Waals surface area contributed by atoms with Crippen LogP contribution in [0.1, 0.15) is 18.9 Å². The number of anilines is 3. The summed E-state index contributed by atoms with van der Waals surface area (Å²) in [7, 11) is 0. The summed E-state index contributed by atoms with van der Waals surface area (Å²) in [5, 5.41) is 3.92. The van der Waals surface area contributed by atoms with E-state index in [0.29, 0.717) is 11.0 Å². The molecule has 0 aliphatic rings. The van der Waals surface area contributed by atoms with Gasteiger partial charge in [0.2, 0.25) is 0 Å². The fourth-order valence-electron chi connectivity index (χ4n) is 1.79. The summed E-state index contributed by atoms with van der Waals surface area (Å²) in [6.07, 6.45) is 4.20. The van der Waals surface area contributed by atoms with Crippen molar-refractivity contribution in [2.24, 2.45) is 0 Å². The zero-order chi connectivity index (χ0) is 13.7. The van der Waals surface area contributed by atoms with Gasteiger partial charge in [-0.2, -0.15) is 0 Å². The first-order chi connectivity index (χ1) is 9.21. The molecule has 5 heteroatoms. The fourth-order valence-corrected chi connectivity index (χ4v) is 2.18. The third-order valence-electron chi connectivity index (χ3n) is 2.67. The molecule has 0 saturated heterocycles. The van der Waals surface area contributed by atoms with Gasteiger partial charge in [-0.3, -0.25) is 0 Å². The number of nitrogens with zero attached hydrogens (tertiary/aromatic N) is 2. The number of rotatable bonds is 5. The summed E-state index contributed by atoms with van der Waals surface area (Å²) in [4.78, 5) is 8.49. The van der Waals surface area contributed by atoms with Gasteiger partial charge < -0.3 is 11.1 Å². The maximum Gasteiger partial charge on any atom is 0.191 e. The molecule has 4 nitrogen and oxygen atoms in total. The van der Waals surface area contributed by atoms with Crippen molar-refractivity contribution in [2.75, 3.05) is 17.3 Å². The predicted molar refractivity (Wildman–Crippen MR) is 81.9 cm³/mol. The first-order valence-corrected chi connectivity index (χ1v) is 7.48. The van der Waals surface area contributed by atoms with Crippen molar-refractivity contribution in [3.05, 3.63) is 35.9 Å². The Bertz CT molecular complexity index is 540. The van der Waals surface area contributed by atoms with E-state index in [1.807, 2.05) is 6.26 Å². The van der Waals surface area contributed by atoms with E-state index in [1.54, 1.807) is 6.07 Å². The molecule has 0 radical (unpaired) electrons. The van der Waals surface area contributed by atoms with Crippen LogP contribution in [-0.2, 0) is 6.42 Å². The highest BCUT2D eigenvalue weighted by Gasteiger charge is 2.02. The SMILES string of the molecule is CCCc1ccc(Nc2cc(N)nc(SC)n2)cc1. The maximum absolute atomic E-state index is 5.75. The quantitative estimate of drug-likeness (QED) is 0.645. The molecular weight excluding hydrogens is 256 g/mol. The third-order valence-corrected chi connectivity index (χ3v) is 3.22. The van der Waals surface area contributed by atoms with E-state index < -0.39 is 0 Å². The second-order valence-corrected chi connectivity index (χ2v) is 5.01. The van der Waals surface area contributed by atoms with E-state index in [0.717, 1.165) is 24.3 Å². The average Bonchev–Trinajstić information content (AvgIpc) is 2.40. The summed E-state index contributed by atoms with van der Waals surface area (Å²) in [6.45, 7) is 2.18. The molecule has 0 spiro atoms. The number of hydrogen-bond donors (Lipinski definition) is 2. The minimum Gasteiger partial charge on any atom is -0.383 e. The molecule has 2 rings (SSSR count). The average molecular weight is 274 g/mol. The van der Waals surface area contributed by atoms with E-state index >= 15 is 0 Å². The standard InChI is InChI=1S/C14H18N4S/c1-3-4-10-5-7-11(8-6-10)16-13-9-12(15)17-14(18-13)19-2/h5-9H,3-4H2,1-2H3,(H3,15,16,17,18). The molecule has 0 aliphatic heterocycles. The monoisotopic (exact) mass is 274 g/mol. The van der Waals surface area contributed by atoms with Crippen LogP contribution in [0.2, 0.25) is 0 Å². The minimum absolute atomic E-state index is 0.476. The van der Waals surface area contributed by atoms with Crippen LogP contribution in [-0.4, -0.2) is 16.2 Å². The van der Waals surface area contributed by atoms with Gasteiger partial charge in [0.1, 0.15) is 11.6 Å².